The van der Waals surface area contributed by atoms with E-state index in [1.807, 2.05) is 18.2 Å². The first-order valence-corrected chi connectivity index (χ1v) is 12.0. The molecule has 0 saturated heterocycles. The van der Waals surface area contributed by atoms with Gasteiger partial charge in [-0.2, -0.15) is 18.4 Å². The number of para-hydroxylation sites is 1. The largest absolute Gasteiger partial charge is 0.455 e. The first-order chi connectivity index (χ1) is 14.9. The van der Waals surface area contributed by atoms with Gasteiger partial charge < -0.3 is 9.73 Å². The number of aryl methyl sites for hydroxylation is 1. The number of rotatable bonds is 5. The minimum absolute atomic E-state index is 0.132. The lowest BCUT2D eigenvalue weighted by atomic mass is 9.93. The SMILES string of the molecule is Cc1c(C(=O)Nc2ccccc2Br)oc2c1/C(=N/NS(=O)(=O)c1ccccc1)CCC2. The lowest BCUT2D eigenvalue weighted by Crippen LogP contribution is -2.22. The van der Waals surface area contributed by atoms with Crippen molar-refractivity contribution in [1.29, 1.82) is 0 Å². The van der Waals surface area contributed by atoms with Gasteiger partial charge in [0, 0.05) is 22.0 Å². The summed E-state index contributed by atoms with van der Waals surface area (Å²) < 4.78 is 31.7. The van der Waals surface area contributed by atoms with E-state index in [1.165, 1.54) is 12.1 Å². The van der Waals surface area contributed by atoms with Gasteiger partial charge >= 0.3 is 0 Å². The van der Waals surface area contributed by atoms with Crippen LogP contribution in [0.15, 0.2) is 73.5 Å². The number of amides is 1. The van der Waals surface area contributed by atoms with Crippen molar-refractivity contribution in [3.8, 4) is 0 Å². The van der Waals surface area contributed by atoms with Crippen molar-refractivity contribution < 1.29 is 17.6 Å². The molecular weight excluding hydrogens is 482 g/mol. The van der Waals surface area contributed by atoms with Crippen LogP contribution in [0, 0.1) is 6.92 Å². The summed E-state index contributed by atoms with van der Waals surface area (Å²) in [6.45, 7) is 1.78. The minimum Gasteiger partial charge on any atom is -0.455 e. The molecule has 9 heteroatoms. The summed E-state index contributed by atoms with van der Waals surface area (Å²) in [5.74, 6) is 0.461. The zero-order chi connectivity index (χ0) is 22.0. The molecule has 1 aliphatic carbocycles. The van der Waals surface area contributed by atoms with Gasteiger partial charge in [0.15, 0.2) is 5.76 Å². The second-order valence-corrected chi connectivity index (χ2v) is 9.62. The number of carbonyl (C=O) groups is 1. The van der Waals surface area contributed by atoms with Crippen LogP contribution in [0.5, 0.6) is 0 Å². The number of nitrogens with zero attached hydrogens (tertiary/aromatic N) is 1. The highest BCUT2D eigenvalue weighted by Crippen LogP contribution is 2.31. The smallest absolute Gasteiger partial charge is 0.291 e. The number of halogens is 1. The highest BCUT2D eigenvalue weighted by atomic mass is 79.9. The molecule has 0 radical (unpaired) electrons. The number of hydrogen-bond acceptors (Lipinski definition) is 5. The summed E-state index contributed by atoms with van der Waals surface area (Å²) in [7, 11) is -3.78. The van der Waals surface area contributed by atoms with E-state index in [1.54, 1.807) is 31.2 Å². The molecule has 3 aromatic rings. The molecule has 0 saturated carbocycles. The molecule has 0 spiro atoms. The first kappa shape index (κ1) is 21.3. The number of hydrazone groups is 1. The van der Waals surface area contributed by atoms with Gasteiger partial charge in [0.25, 0.3) is 15.9 Å². The van der Waals surface area contributed by atoms with Crippen LogP contribution in [0.3, 0.4) is 0 Å². The Balaban J connectivity index is 1.62. The van der Waals surface area contributed by atoms with E-state index < -0.39 is 10.0 Å². The molecule has 31 heavy (non-hydrogen) atoms. The number of benzene rings is 2. The number of anilines is 1. The van der Waals surface area contributed by atoms with E-state index in [4.69, 9.17) is 4.42 Å². The van der Waals surface area contributed by atoms with Crippen molar-refractivity contribution >= 4 is 43.3 Å². The average molecular weight is 502 g/mol. The Bertz CT molecular complexity index is 1270. The fraction of sp³-hybridized carbons (Fsp3) is 0.182. The Hall–Kier alpha value is -2.91. The average Bonchev–Trinajstić information content (AvgIpc) is 3.12. The van der Waals surface area contributed by atoms with Crippen molar-refractivity contribution in [3.63, 3.8) is 0 Å². The Morgan fingerprint density at radius 3 is 2.52 bits per heavy atom. The van der Waals surface area contributed by atoms with E-state index in [-0.39, 0.29) is 16.6 Å². The maximum atomic E-state index is 12.8. The number of sulfonamides is 1. The third-order valence-corrected chi connectivity index (χ3v) is 6.92. The molecule has 0 atom stereocenters. The molecule has 1 heterocycles. The maximum absolute atomic E-state index is 12.8. The van der Waals surface area contributed by atoms with Gasteiger partial charge in [0.05, 0.1) is 16.3 Å². The maximum Gasteiger partial charge on any atom is 0.291 e. The van der Waals surface area contributed by atoms with E-state index >= 15 is 0 Å². The molecule has 1 aromatic heterocycles. The quantitative estimate of drug-likeness (QED) is 0.497. The van der Waals surface area contributed by atoms with Crippen LogP contribution in [0.2, 0.25) is 0 Å². The topological polar surface area (TPSA) is 101 Å². The monoisotopic (exact) mass is 501 g/mol. The number of furan rings is 1. The molecule has 0 unspecified atom stereocenters. The molecule has 2 aromatic carbocycles. The second kappa shape index (κ2) is 8.68. The summed E-state index contributed by atoms with van der Waals surface area (Å²) in [5.41, 5.74) is 2.52. The first-order valence-electron chi connectivity index (χ1n) is 9.69. The molecule has 160 valence electrons. The summed E-state index contributed by atoms with van der Waals surface area (Å²) in [5, 5.41) is 7.02. The van der Waals surface area contributed by atoms with Crippen molar-refractivity contribution in [2.45, 2.75) is 31.1 Å². The number of fused-ring (bicyclic) bond motifs is 1. The lowest BCUT2D eigenvalue weighted by molar-refractivity contribution is 0.0994. The second-order valence-electron chi connectivity index (χ2n) is 7.11. The molecule has 1 amide bonds. The van der Waals surface area contributed by atoms with Crippen LogP contribution in [0.1, 0.15) is 40.3 Å². The van der Waals surface area contributed by atoms with Gasteiger partial charge in [-0.25, -0.2) is 0 Å². The summed E-state index contributed by atoms with van der Waals surface area (Å²) >= 11 is 3.41. The zero-order valence-corrected chi connectivity index (χ0v) is 19.1. The Labute approximate surface area is 188 Å². The van der Waals surface area contributed by atoms with Gasteiger partial charge in [0.1, 0.15) is 5.76 Å². The summed E-state index contributed by atoms with van der Waals surface area (Å²) in [6, 6.07) is 15.3. The molecular formula is C22H20BrN3O4S. The van der Waals surface area contributed by atoms with Crippen molar-refractivity contribution in [3.05, 3.63) is 81.7 Å². The molecule has 4 rings (SSSR count). The fourth-order valence-electron chi connectivity index (χ4n) is 3.51. The molecule has 0 bridgehead atoms. The molecule has 7 nitrogen and oxygen atoms in total. The minimum atomic E-state index is -3.78. The van der Waals surface area contributed by atoms with E-state index in [9.17, 15) is 13.2 Å². The third-order valence-electron chi connectivity index (χ3n) is 5.01. The van der Waals surface area contributed by atoms with Gasteiger partial charge in [-0.3, -0.25) is 4.79 Å². The lowest BCUT2D eigenvalue weighted by Gasteiger charge is -2.14. The van der Waals surface area contributed by atoms with Crippen LogP contribution in [-0.4, -0.2) is 20.0 Å². The van der Waals surface area contributed by atoms with Crippen LogP contribution in [0.4, 0.5) is 5.69 Å². The van der Waals surface area contributed by atoms with Crippen LogP contribution < -0.4 is 10.1 Å². The van der Waals surface area contributed by atoms with E-state index in [0.29, 0.717) is 41.1 Å². The zero-order valence-electron chi connectivity index (χ0n) is 16.7. The van der Waals surface area contributed by atoms with Crippen molar-refractivity contribution in [2.75, 3.05) is 5.32 Å². The summed E-state index contributed by atoms with van der Waals surface area (Å²) in [4.78, 5) is 15.3. The van der Waals surface area contributed by atoms with Crippen LogP contribution in [-0.2, 0) is 16.4 Å². The van der Waals surface area contributed by atoms with Crippen molar-refractivity contribution in [2.24, 2.45) is 5.10 Å². The standard InChI is InChI=1S/C22H20BrN3O4S/c1-14-20-18(25-26-31(28,29)15-8-3-2-4-9-15)12-7-13-19(20)30-21(14)22(27)24-17-11-6-5-10-16(17)23/h2-6,8-11,26H,7,12-13H2,1H3,(H,24,27)/b25-18+. The predicted octanol–water partition coefficient (Wildman–Crippen LogP) is 4.62. The van der Waals surface area contributed by atoms with E-state index in [0.717, 1.165) is 10.9 Å². The molecule has 0 fully saturated rings. The number of carbonyl (C=O) groups excluding carboxylic acids is 1. The van der Waals surface area contributed by atoms with Gasteiger partial charge in [-0.15, -0.1) is 0 Å². The third kappa shape index (κ3) is 4.42. The van der Waals surface area contributed by atoms with Gasteiger partial charge in [-0.1, -0.05) is 30.3 Å². The van der Waals surface area contributed by atoms with Crippen LogP contribution in [0.25, 0.3) is 0 Å². The Morgan fingerprint density at radius 1 is 1.06 bits per heavy atom. The fourth-order valence-corrected chi connectivity index (χ4v) is 4.74. The number of hydrogen-bond donors (Lipinski definition) is 2. The Kier molecular flexibility index (Phi) is 5.97. The van der Waals surface area contributed by atoms with E-state index in [2.05, 4.69) is 31.2 Å². The normalized spacial score (nSPS) is 14.8. The number of nitrogens with one attached hydrogen (secondary N) is 2. The van der Waals surface area contributed by atoms with Crippen molar-refractivity contribution in [1.82, 2.24) is 4.83 Å². The van der Waals surface area contributed by atoms with Gasteiger partial charge in [0.2, 0.25) is 0 Å². The highest BCUT2D eigenvalue weighted by Gasteiger charge is 2.28. The predicted molar refractivity (Wildman–Crippen MR) is 122 cm³/mol. The molecule has 0 aliphatic heterocycles. The highest BCUT2D eigenvalue weighted by molar-refractivity contribution is 9.10. The molecule has 2 N–H and O–H groups in total. The van der Waals surface area contributed by atoms with Gasteiger partial charge in [-0.05, 0) is 60.0 Å². The Morgan fingerprint density at radius 2 is 1.77 bits per heavy atom. The molecule has 1 aliphatic rings. The summed E-state index contributed by atoms with van der Waals surface area (Å²) in [6.07, 6.45) is 1.98. The van der Waals surface area contributed by atoms with Crippen LogP contribution >= 0.6 is 15.9 Å².